The molecule has 9 heteroatoms. The molecule has 134 valence electrons. The van der Waals surface area contributed by atoms with Crippen LogP contribution < -0.4 is 16.6 Å². The second kappa shape index (κ2) is 6.79. The van der Waals surface area contributed by atoms with E-state index in [1.165, 1.54) is 30.5 Å². The van der Waals surface area contributed by atoms with Gasteiger partial charge in [-0.1, -0.05) is 0 Å². The van der Waals surface area contributed by atoms with Crippen LogP contribution in [0.25, 0.3) is 16.7 Å². The van der Waals surface area contributed by atoms with Gasteiger partial charge in [0.15, 0.2) is 5.65 Å². The van der Waals surface area contributed by atoms with Crippen LogP contribution in [0.4, 0.5) is 10.3 Å². The topological polar surface area (TPSA) is 106 Å². The number of pyridine rings is 1. The number of aromatic nitrogens is 5. The lowest BCUT2D eigenvalue weighted by molar-refractivity contribution is 0.627. The number of rotatable bonds is 4. The van der Waals surface area contributed by atoms with Crippen molar-refractivity contribution in [2.24, 2.45) is 0 Å². The van der Waals surface area contributed by atoms with Gasteiger partial charge in [-0.15, -0.1) is 0 Å². The van der Waals surface area contributed by atoms with Gasteiger partial charge in [0.05, 0.1) is 5.69 Å². The molecule has 0 atom stereocenters. The predicted octanol–water partition coefficient (Wildman–Crippen LogP) is 1.62. The van der Waals surface area contributed by atoms with Gasteiger partial charge in [-0.3, -0.25) is 14.8 Å². The van der Waals surface area contributed by atoms with Gasteiger partial charge in [0.2, 0.25) is 5.95 Å². The van der Waals surface area contributed by atoms with E-state index in [0.29, 0.717) is 6.54 Å². The molecule has 27 heavy (non-hydrogen) atoms. The Morgan fingerprint density at radius 3 is 2.56 bits per heavy atom. The first-order valence-corrected chi connectivity index (χ1v) is 8.02. The maximum absolute atomic E-state index is 13.1. The Morgan fingerprint density at radius 2 is 1.81 bits per heavy atom. The van der Waals surface area contributed by atoms with Crippen LogP contribution in [0.2, 0.25) is 0 Å². The summed E-state index contributed by atoms with van der Waals surface area (Å²) in [5.41, 5.74) is 0.105. The van der Waals surface area contributed by atoms with Crippen LogP contribution in [0.1, 0.15) is 5.56 Å². The molecule has 0 spiro atoms. The van der Waals surface area contributed by atoms with E-state index in [1.54, 1.807) is 12.4 Å². The Hall–Kier alpha value is -3.88. The minimum absolute atomic E-state index is 0.121. The van der Waals surface area contributed by atoms with Gasteiger partial charge < -0.3 is 5.32 Å². The van der Waals surface area contributed by atoms with Gasteiger partial charge in [-0.25, -0.2) is 18.7 Å². The summed E-state index contributed by atoms with van der Waals surface area (Å²) < 4.78 is 14.0. The molecule has 0 amide bonds. The molecule has 3 aromatic heterocycles. The third-order valence-electron chi connectivity index (χ3n) is 3.94. The van der Waals surface area contributed by atoms with Crippen LogP contribution in [0, 0.1) is 5.82 Å². The number of anilines is 1. The van der Waals surface area contributed by atoms with Crippen molar-refractivity contribution in [2.75, 3.05) is 5.32 Å². The van der Waals surface area contributed by atoms with E-state index < -0.39 is 17.1 Å². The third kappa shape index (κ3) is 3.30. The summed E-state index contributed by atoms with van der Waals surface area (Å²) >= 11 is 0. The molecule has 4 aromatic rings. The van der Waals surface area contributed by atoms with Crippen molar-refractivity contribution >= 4 is 17.0 Å². The Kier molecular flexibility index (Phi) is 4.17. The van der Waals surface area contributed by atoms with E-state index >= 15 is 0 Å². The first kappa shape index (κ1) is 16.6. The number of nitrogens with one attached hydrogen (secondary N) is 2. The fraction of sp³-hybridized carbons (Fsp3) is 0.0556. The highest BCUT2D eigenvalue weighted by Gasteiger charge is 2.12. The molecule has 2 N–H and O–H groups in total. The fourth-order valence-electron chi connectivity index (χ4n) is 2.60. The van der Waals surface area contributed by atoms with Gasteiger partial charge in [0.1, 0.15) is 11.2 Å². The highest BCUT2D eigenvalue weighted by molar-refractivity contribution is 5.73. The molecule has 0 bridgehead atoms. The van der Waals surface area contributed by atoms with Crippen molar-refractivity contribution < 1.29 is 4.39 Å². The molecule has 0 saturated heterocycles. The van der Waals surface area contributed by atoms with Crippen LogP contribution in [0.3, 0.4) is 0 Å². The number of H-pyrrole nitrogens is 1. The van der Waals surface area contributed by atoms with Gasteiger partial charge in [-0.05, 0) is 42.0 Å². The fourth-order valence-corrected chi connectivity index (χ4v) is 2.60. The van der Waals surface area contributed by atoms with Gasteiger partial charge in [0, 0.05) is 25.1 Å². The lowest BCUT2D eigenvalue weighted by Crippen LogP contribution is -2.34. The molecule has 0 saturated carbocycles. The molecular weight excluding hydrogens is 351 g/mol. The average molecular weight is 364 g/mol. The third-order valence-corrected chi connectivity index (χ3v) is 3.94. The van der Waals surface area contributed by atoms with Gasteiger partial charge in [0.25, 0.3) is 5.56 Å². The Bertz CT molecular complexity index is 1220. The summed E-state index contributed by atoms with van der Waals surface area (Å²) in [5, 5.41) is 3.17. The van der Waals surface area contributed by atoms with E-state index in [0.717, 1.165) is 10.1 Å². The standard InChI is InChI=1S/C18H13FN6O2/c19-12-1-3-13(4-2-12)25-16(26)14-10-22-17(23-15(14)24-18(25)27)21-9-11-5-7-20-8-6-11/h1-8,10H,9H2,(H2,21,22,23,24,27). The Morgan fingerprint density at radius 1 is 1.07 bits per heavy atom. The van der Waals surface area contributed by atoms with Crippen molar-refractivity contribution in [3.63, 3.8) is 0 Å². The van der Waals surface area contributed by atoms with Gasteiger partial charge in [-0.2, -0.15) is 4.98 Å². The van der Waals surface area contributed by atoms with Crippen LogP contribution in [0.5, 0.6) is 0 Å². The van der Waals surface area contributed by atoms with E-state index in [4.69, 9.17) is 0 Å². The van der Waals surface area contributed by atoms with Crippen LogP contribution in [-0.4, -0.2) is 24.5 Å². The molecule has 0 radical (unpaired) electrons. The average Bonchev–Trinajstić information content (AvgIpc) is 2.68. The minimum atomic E-state index is -0.669. The lowest BCUT2D eigenvalue weighted by Gasteiger charge is -2.08. The summed E-state index contributed by atoms with van der Waals surface area (Å²) in [6.07, 6.45) is 4.69. The van der Waals surface area contributed by atoms with Crippen LogP contribution in [0.15, 0.2) is 64.6 Å². The number of fused-ring (bicyclic) bond motifs is 1. The zero-order valence-corrected chi connectivity index (χ0v) is 13.9. The van der Waals surface area contributed by atoms with Crippen molar-refractivity contribution in [1.82, 2.24) is 24.5 Å². The smallest absolute Gasteiger partial charge is 0.334 e. The summed E-state index contributed by atoms with van der Waals surface area (Å²) in [6, 6.07) is 8.74. The predicted molar refractivity (Wildman–Crippen MR) is 97.3 cm³/mol. The maximum atomic E-state index is 13.1. The number of aromatic amines is 1. The van der Waals surface area contributed by atoms with E-state index in [9.17, 15) is 14.0 Å². The first-order chi connectivity index (χ1) is 13.1. The number of halogens is 1. The molecule has 3 heterocycles. The quantitative estimate of drug-likeness (QED) is 0.570. The highest BCUT2D eigenvalue weighted by atomic mass is 19.1. The van der Waals surface area contributed by atoms with E-state index in [-0.39, 0.29) is 22.7 Å². The van der Waals surface area contributed by atoms with E-state index in [1.807, 2.05) is 12.1 Å². The van der Waals surface area contributed by atoms with Crippen molar-refractivity contribution in [2.45, 2.75) is 6.54 Å². The molecule has 0 fully saturated rings. The molecule has 4 rings (SSSR count). The molecule has 1 aromatic carbocycles. The zero-order valence-electron chi connectivity index (χ0n) is 13.9. The highest BCUT2D eigenvalue weighted by Crippen LogP contribution is 2.09. The zero-order chi connectivity index (χ0) is 18.8. The Balaban J connectivity index is 1.71. The second-order valence-corrected chi connectivity index (χ2v) is 5.71. The van der Waals surface area contributed by atoms with Gasteiger partial charge >= 0.3 is 5.69 Å². The SMILES string of the molecule is O=c1[nH]c2nc(NCc3ccncc3)ncc2c(=O)n1-c1ccc(F)cc1. The maximum Gasteiger partial charge on any atom is 0.334 e. The number of nitrogens with zero attached hydrogens (tertiary/aromatic N) is 4. The summed E-state index contributed by atoms with van der Waals surface area (Å²) in [6.45, 7) is 0.463. The second-order valence-electron chi connectivity index (χ2n) is 5.71. The molecule has 0 aliphatic heterocycles. The molecule has 0 aliphatic rings. The number of benzene rings is 1. The number of hydrogen-bond acceptors (Lipinski definition) is 6. The summed E-state index contributed by atoms with van der Waals surface area (Å²) in [7, 11) is 0. The normalized spacial score (nSPS) is 10.9. The van der Waals surface area contributed by atoms with Crippen LogP contribution >= 0.6 is 0 Å². The molecule has 0 unspecified atom stereocenters. The molecule has 0 aliphatic carbocycles. The van der Waals surface area contributed by atoms with Crippen molar-refractivity contribution in [3.8, 4) is 5.69 Å². The molecule has 8 nitrogen and oxygen atoms in total. The molecular formula is C18H13FN6O2. The first-order valence-electron chi connectivity index (χ1n) is 8.02. The Labute approximate surface area is 151 Å². The summed E-state index contributed by atoms with van der Waals surface area (Å²) in [5.74, 6) is -0.189. The van der Waals surface area contributed by atoms with E-state index in [2.05, 4.69) is 25.3 Å². The van der Waals surface area contributed by atoms with Crippen molar-refractivity contribution in [3.05, 3.63) is 87.2 Å². The lowest BCUT2D eigenvalue weighted by atomic mass is 10.3. The largest absolute Gasteiger partial charge is 0.350 e. The monoisotopic (exact) mass is 364 g/mol. The minimum Gasteiger partial charge on any atom is -0.350 e. The summed E-state index contributed by atoms with van der Waals surface area (Å²) in [4.78, 5) is 39.9. The van der Waals surface area contributed by atoms with Crippen LogP contribution in [-0.2, 0) is 6.54 Å². The van der Waals surface area contributed by atoms with Crippen molar-refractivity contribution in [1.29, 1.82) is 0 Å². The number of hydrogen-bond donors (Lipinski definition) is 2.